The number of rotatable bonds is 12. The molecule has 637 valence electrons. The van der Waals surface area contributed by atoms with E-state index in [4.69, 9.17) is 30.3 Å². The van der Waals surface area contributed by atoms with Crippen LogP contribution in [0, 0.1) is 52.8 Å². The van der Waals surface area contributed by atoms with E-state index in [0.29, 0.717) is 11.8 Å². The second-order valence-corrected chi connectivity index (χ2v) is 38.6. The van der Waals surface area contributed by atoms with Gasteiger partial charge in [-0.1, -0.05) is 235 Å². The predicted molar refractivity (Wildman–Crippen MR) is 501 cm³/mol. The van der Waals surface area contributed by atoms with Gasteiger partial charge in [-0.3, -0.25) is 14.4 Å². The molecule has 0 aliphatic rings. The second-order valence-electron chi connectivity index (χ2n) is 35.4. The molecule has 6 heterocycles. The number of aliphatic hydroxyl groups is 3. The minimum atomic E-state index is -0.125. The number of aromatic nitrogens is 3. The van der Waals surface area contributed by atoms with Crippen molar-refractivity contribution in [1.82, 2.24) is 15.0 Å². The largest absolute Gasteiger partial charge is 0.512 e. The molecule has 0 bridgehead atoms. The fourth-order valence-electron chi connectivity index (χ4n) is 13.1. The van der Waals surface area contributed by atoms with Crippen LogP contribution in [0.15, 0.2) is 212 Å². The van der Waals surface area contributed by atoms with Gasteiger partial charge in [0.1, 0.15) is 0 Å². The SMILES string of the molecule is CC(=O)C=C(C)O.CC(=O)C=C(C)O.CC(=O)C=C(C)O.Cc1[c-]c(-c2cc3sc(-c4cc(C(C)C)cc(C(C)C)c4)cc3cn2)cc(C(C)(C)C)c1.Cc1[c-]c(-c2cc3sc(-c4ccc(-c5c(C)cccc5C)cc4)cc3cn2)cc(C(C)(C)C)c1.Cc1[c-]c(-c2cc3sc(-c4ccc(C(C)(C)C)cc4)cc3cn2)cc(C(C)(C)C)c1.[Ir].[Ir].[Ir]. The molecule has 0 fully saturated rings. The Labute approximate surface area is 767 Å². The maximum Gasteiger partial charge on any atom is 0.155 e. The summed E-state index contributed by atoms with van der Waals surface area (Å²) in [4.78, 5) is 48.3. The van der Waals surface area contributed by atoms with Crippen molar-refractivity contribution in [3.63, 3.8) is 0 Å². The molecule has 15 heteroatoms. The van der Waals surface area contributed by atoms with E-state index < -0.39 is 0 Å². The van der Waals surface area contributed by atoms with Crippen LogP contribution >= 0.6 is 34.0 Å². The minimum Gasteiger partial charge on any atom is -0.512 e. The number of aliphatic hydroxyl groups excluding tert-OH is 3. The van der Waals surface area contributed by atoms with E-state index in [-0.39, 0.29) is 117 Å². The maximum atomic E-state index is 10.0. The monoisotopic (exact) mass is 2190 g/mol. The number of ketones is 3. The predicted octanol–water partition coefficient (Wildman–Crippen LogP) is 30.0. The van der Waals surface area contributed by atoms with Crippen molar-refractivity contribution in [3.8, 4) is 76.2 Å². The topological polar surface area (TPSA) is 151 Å². The van der Waals surface area contributed by atoms with Gasteiger partial charge in [0, 0.05) is 142 Å². The third-order valence-corrected chi connectivity index (χ3v) is 22.9. The zero-order valence-corrected chi connectivity index (χ0v) is 84.4. The Morgan fingerprint density at radius 3 is 0.883 bits per heavy atom. The molecule has 0 aliphatic heterocycles. The zero-order valence-electron chi connectivity index (χ0n) is 74.8. The number of hydrogen-bond acceptors (Lipinski definition) is 12. The molecule has 0 amide bonds. The molecule has 3 radical (unpaired) electrons. The number of benzene rings is 7. The number of hydrogen-bond donors (Lipinski definition) is 3. The summed E-state index contributed by atoms with van der Waals surface area (Å²) in [5, 5.41) is 28.7. The summed E-state index contributed by atoms with van der Waals surface area (Å²) in [5.41, 5.74) is 27.4. The standard InChI is InChI=1S/C32H30NS.C30H34NS.C28H30NS.3C5H8O2.3Ir/c1-20-14-25(16-27(15-20)32(4,5)6)28-18-30-26(19-33-28)17-29(34-30)23-10-12-24(13-11-23)31-21(2)8-7-9-22(31)3;1-18(2)21-11-22(19(3)4)13-24(12-21)28-15-25-17-31-27(16-29(25)32-28)23-9-20(5)10-26(14-23)30(6,7)8;1-18-12-20(14-23(13-18)28(5,6)7)24-16-26-21(17-29-24)15-25(30-26)19-8-10-22(11-9-19)27(2,3)4;3*1-4(6)3-5(2)7;;;/h7-13,15-19H,1-6H3;10-19H,1-8H3;8-11,13-17H,1-7H3;3*3,6H,1-2H3;;;/q3*-1;;;;;;. The van der Waals surface area contributed by atoms with Crippen molar-refractivity contribution in [2.75, 3.05) is 0 Å². The molecule has 9 nitrogen and oxygen atoms in total. The van der Waals surface area contributed by atoms with E-state index in [1.165, 1.54) is 177 Å². The Morgan fingerprint density at radius 2 is 0.625 bits per heavy atom. The van der Waals surface area contributed by atoms with Crippen molar-refractivity contribution in [1.29, 1.82) is 0 Å². The van der Waals surface area contributed by atoms with Gasteiger partial charge in [0.15, 0.2) is 17.3 Å². The molecule has 0 atom stereocenters. The van der Waals surface area contributed by atoms with Gasteiger partial charge in [-0.15, -0.1) is 139 Å². The third kappa shape index (κ3) is 29.6. The van der Waals surface area contributed by atoms with Crippen molar-refractivity contribution in [2.45, 2.75) is 220 Å². The van der Waals surface area contributed by atoms with Gasteiger partial charge >= 0.3 is 0 Å². The van der Waals surface area contributed by atoms with Crippen LogP contribution in [0.25, 0.3) is 106 Å². The molecule has 7 aromatic carbocycles. The number of carbonyl (C=O) groups is 3. The van der Waals surface area contributed by atoms with E-state index >= 15 is 0 Å². The first-order valence-corrected chi connectivity index (χ1v) is 42.4. The van der Waals surface area contributed by atoms with Crippen LogP contribution in [0.2, 0.25) is 0 Å². The molecule has 6 aromatic heterocycles. The number of allylic oxidation sites excluding steroid dienone is 6. The van der Waals surface area contributed by atoms with E-state index in [1.807, 2.05) is 52.6 Å². The van der Waals surface area contributed by atoms with Crippen LogP contribution in [0.3, 0.4) is 0 Å². The first kappa shape index (κ1) is 102. The first-order chi connectivity index (χ1) is 54.6. The molecule has 3 N–H and O–H groups in total. The molecule has 0 unspecified atom stereocenters. The van der Waals surface area contributed by atoms with E-state index in [1.54, 1.807) is 0 Å². The molecular weight excluding hydrogens is 2070 g/mol. The molecule has 13 rings (SSSR count). The number of nitrogens with zero attached hydrogens (tertiary/aromatic N) is 3. The first-order valence-electron chi connectivity index (χ1n) is 40.0. The van der Waals surface area contributed by atoms with E-state index in [0.717, 1.165) is 50.5 Å². The number of pyridine rings is 3. The van der Waals surface area contributed by atoms with Crippen LogP contribution < -0.4 is 0 Å². The van der Waals surface area contributed by atoms with Crippen molar-refractivity contribution in [2.24, 2.45) is 0 Å². The Hall–Kier alpha value is -8.55. The summed E-state index contributed by atoms with van der Waals surface area (Å²) < 4.78 is 3.80. The zero-order chi connectivity index (χ0) is 86.5. The molecule has 0 saturated heterocycles. The van der Waals surface area contributed by atoms with Gasteiger partial charge < -0.3 is 30.3 Å². The Kier molecular flexibility index (Phi) is 37.4. The smallest absolute Gasteiger partial charge is 0.155 e. The fraction of sp³-hybridized carbons (Fsp3) is 0.314. The second kappa shape index (κ2) is 44.0. The molecule has 0 spiro atoms. The fourth-order valence-corrected chi connectivity index (χ4v) is 16.3. The Bertz CT molecular complexity index is 5680. The number of thiophene rings is 3. The molecule has 120 heavy (non-hydrogen) atoms. The van der Waals surface area contributed by atoms with Gasteiger partial charge in [-0.05, 0) is 180 Å². The maximum absolute atomic E-state index is 10.0. The van der Waals surface area contributed by atoms with E-state index in [2.05, 4.69) is 321 Å². The van der Waals surface area contributed by atoms with Crippen molar-refractivity contribution in [3.05, 3.63) is 291 Å². The summed E-state index contributed by atoms with van der Waals surface area (Å²) in [6.45, 7) is 55.4. The van der Waals surface area contributed by atoms with Crippen LogP contribution in [0.5, 0.6) is 0 Å². The van der Waals surface area contributed by atoms with E-state index in [9.17, 15) is 14.4 Å². The third-order valence-electron chi connectivity index (χ3n) is 19.4. The van der Waals surface area contributed by atoms with Crippen LogP contribution in [-0.2, 0) is 96.4 Å². The van der Waals surface area contributed by atoms with Crippen LogP contribution in [0.4, 0.5) is 0 Å². The Morgan fingerprint density at radius 1 is 0.350 bits per heavy atom. The average molecular weight is 2190 g/mol. The normalized spacial score (nSPS) is 11.8. The quantitative estimate of drug-likeness (QED) is 0.0617. The number of carbonyl (C=O) groups excluding carboxylic acids is 3. The van der Waals surface area contributed by atoms with Gasteiger partial charge in [-0.25, -0.2) is 0 Å². The Balaban J connectivity index is 0.000000282. The minimum absolute atomic E-state index is 0. The summed E-state index contributed by atoms with van der Waals surface area (Å²) in [6, 6.07) is 68.9. The van der Waals surface area contributed by atoms with Crippen LogP contribution in [0.1, 0.15) is 225 Å². The van der Waals surface area contributed by atoms with Crippen molar-refractivity contribution < 1.29 is 90.0 Å². The summed E-state index contributed by atoms with van der Waals surface area (Å²) in [7, 11) is 0. The summed E-state index contributed by atoms with van der Waals surface area (Å²) in [6.07, 6.45) is 9.52. The average Bonchev–Trinajstić information content (AvgIpc) is 1.64. The molecule has 13 aromatic rings. The van der Waals surface area contributed by atoms with Crippen molar-refractivity contribution >= 4 is 81.6 Å². The molecule has 0 aliphatic carbocycles. The van der Waals surface area contributed by atoms with Gasteiger partial charge in [0.05, 0.1) is 17.3 Å². The molecular formula is C105H118Ir3N3O6S3-3. The summed E-state index contributed by atoms with van der Waals surface area (Å²) in [5.74, 6) is 0.848. The van der Waals surface area contributed by atoms with Crippen LogP contribution in [-0.4, -0.2) is 47.6 Å². The van der Waals surface area contributed by atoms with Gasteiger partial charge in [0.25, 0.3) is 0 Å². The number of fused-ring (bicyclic) bond motifs is 3. The summed E-state index contributed by atoms with van der Waals surface area (Å²) >= 11 is 5.52. The van der Waals surface area contributed by atoms with Gasteiger partial charge in [0.2, 0.25) is 0 Å². The number of aryl methyl sites for hydroxylation is 5. The molecule has 0 saturated carbocycles. The van der Waals surface area contributed by atoms with Gasteiger partial charge in [-0.2, -0.15) is 0 Å².